The van der Waals surface area contributed by atoms with Gasteiger partial charge in [-0.05, 0) is 53.3 Å². The van der Waals surface area contributed by atoms with Crippen molar-refractivity contribution in [3.8, 4) is 11.1 Å². The molecule has 47 heavy (non-hydrogen) atoms. The van der Waals surface area contributed by atoms with Crippen molar-refractivity contribution in [1.82, 2.24) is 25.1 Å². The summed E-state index contributed by atoms with van der Waals surface area (Å²) in [5, 5.41) is 17.9. The molecule has 6 rings (SSSR count). The summed E-state index contributed by atoms with van der Waals surface area (Å²) >= 11 is 0. The minimum atomic E-state index is -4.00. The van der Waals surface area contributed by atoms with Gasteiger partial charge in [-0.15, -0.1) is 0 Å². The van der Waals surface area contributed by atoms with Crippen molar-refractivity contribution in [3.05, 3.63) is 117 Å². The number of nitrogens with zero attached hydrogens (tertiary/aromatic N) is 3. The third-order valence-electron chi connectivity index (χ3n) is 7.96. The largest absolute Gasteiger partial charge is 0.377 e. The summed E-state index contributed by atoms with van der Waals surface area (Å²) in [4.78, 5) is 19.1. The van der Waals surface area contributed by atoms with Crippen LogP contribution < -0.4 is 10.9 Å². The maximum Gasteiger partial charge on any atom is 0.290 e. The number of hydrogen-bond donors (Lipinski definition) is 3. The number of aromatic amines is 1. The molecule has 0 amide bonds. The molecule has 1 aliphatic rings. The van der Waals surface area contributed by atoms with Crippen LogP contribution in [0.15, 0.2) is 71.7 Å². The standard InChI is InChI=1S/C32H25F8N5O2/c33-19-10-16(11-20(34)14-19)12-23(27-21(2-1-9-41-27)18-4-3-17-5-6-24(46)42-22(17)13-18)43-25(47)15-45-29-26(28(44-45)30(35)36)31(37,38)7-8-32(29,39)40/h1-6,9-11,13-14,23,25,30,43,47H,7-8,12,15H2,(H,42,46)/t23-,25?/m0/s1. The number of aliphatic hydroxyl groups excluding tert-OH is 1. The van der Waals surface area contributed by atoms with Gasteiger partial charge < -0.3 is 10.1 Å². The second-order valence-corrected chi connectivity index (χ2v) is 11.3. The third-order valence-corrected chi connectivity index (χ3v) is 7.96. The van der Waals surface area contributed by atoms with E-state index in [4.69, 9.17) is 0 Å². The average molecular weight is 664 g/mol. The first kappa shape index (κ1) is 32.3. The zero-order chi connectivity index (χ0) is 33.7. The fraction of sp³-hybridized carbons (Fsp3) is 0.281. The number of benzene rings is 2. The maximum atomic E-state index is 15.0. The van der Waals surface area contributed by atoms with E-state index in [1.165, 1.54) is 12.3 Å². The Labute approximate surface area is 260 Å². The van der Waals surface area contributed by atoms with Crippen LogP contribution in [-0.4, -0.2) is 31.1 Å². The monoisotopic (exact) mass is 663 g/mol. The molecule has 0 saturated heterocycles. The van der Waals surface area contributed by atoms with Crippen LogP contribution in [0.25, 0.3) is 22.0 Å². The van der Waals surface area contributed by atoms with Crippen molar-refractivity contribution in [2.75, 3.05) is 0 Å². The molecule has 246 valence electrons. The SMILES string of the molecule is O=c1ccc2ccc(-c3cccnc3[C@H](Cc3cc(F)cc(F)c3)NC(O)Cn3nc(C(F)F)c4c3C(F)(F)CCC4(F)F)cc2[nH]1. The van der Waals surface area contributed by atoms with Gasteiger partial charge in [0.25, 0.3) is 18.3 Å². The summed E-state index contributed by atoms with van der Waals surface area (Å²) in [5.74, 6) is -9.74. The first-order valence-electron chi connectivity index (χ1n) is 14.3. The number of aromatic nitrogens is 4. The predicted molar refractivity (Wildman–Crippen MR) is 154 cm³/mol. The highest BCUT2D eigenvalue weighted by atomic mass is 19.3. The predicted octanol–water partition coefficient (Wildman–Crippen LogP) is 6.87. The minimum Gasteiger partial charge on any atom is -0.377 e. The second kappa shape index (κ2) is 12.2. The number of rotatable bonds is 9. The molecule has 0 radical (unpaired) electrons. The Morgan fingerprint density at radius 3 is 2.36 bits per heavy atom. The number of hydrogen-bond acceptors (Lipinski definition) is 5. The Morgan fingerprint density at radius 2 is 1.64 bits per heavy atom. The fourth-order valence-electron chi connectivity index (χ4n) is 5.96. The number of aliphatic hydroxyl groups is 1. The second-order valence-electron chi connectivity index (χ2n) is 11.3. The highest BCUT2D eigenvalue weighted by Gasteiger charge is 2.55. The normalized spacial score (nSPS) is 16.7. The number of fused-ring (bicyclic) bond motifs is 2. The summed E-state index contributed by atoms with van der Waals surface area (Å²) in [6, 6.07) is 12.9. The van der Waals surface area contributed by atoms with Gasteiger partial charge in [-0.1, -0.05) is 18.2 Å². The number of alkyl halides is 6. The molecule has 7 nitrogen and oxygen atoms in total. The van der Waals surface area contributed by atoms with Gasteiger partial charge in [-0.25, -0.2) is 26.3 Å². The van der Waals surface area contributed by atoms with E-state index in [-0.39, 0.29) is 27.9 Å². The highest BCUT2D eigenvalue weighted by Crippen LogP contribution is 2.52. The van der Waals surface area contributed by atoms with Gasteiger partial charge in [-0.2, -0.15) is 13.9 Å². The molecule has 0 saturated carbocycles. The van der Waals surface area contributed by atoms with Crippen LogP contribution >= 0.6 is 0 Å². The summed E-state index contributed by atoms with van der Waals surface area (Å²) in [6.45, 7) is -0.964. The molecule has 3 aromatic heterocycles. The van der Waals surface area contributed by atoms with E-state index in [0.29, 0.717) is 28.1 Å². The number of nitrogens with one attached hydrogen (secondary N) is 2. The smallest absolute Gasteiger partial charge is 0.290 e. The van der Waals surface area contributed by atoms with Crippen molar-refractivity contribution >= 4 is 10.9 Å². The van der Waals surface area contributed by atoms with Gasteiger partial charge in [0, 0.05) is 42.3 Å². The van der Waals surface area contributed by atoms with E-state index in [9.17, 15) is 45.0 Å². The first-order chi connectivity index (χ1) is 22.2. The van der Waals surface area contributed by atoms with Crippen LogP contribution in [0.5, 0.6) is 0 Å². The zero-order valence-electron chi connectivity index (χ0n) is 24.1. The minimum absolute atomic E-state index is 0.106. The van der Waals surface area contributed by atoms with Gasteiger partial charge in [-0.3, -0.25) is 19.8 Å². The molecular weight excluding hydrogens is 638 g/mol. The first-order valence-corrected chi connectivity index (χ1v) is 14.3. The fourth-order valence-corrected chi connectivity index (χ4v) is 5.96. The van der Waals surface area contributed by atoms with Crippen LogP contribution in [0, 0.1) is 11.6 Å². The Hall–Kier alpha value is -4.63. The van der Waals surface area contributed by atoms with Crippen molar-refractivity contribution in [2.45, 2.75) is 56.3 Å². The van der Waals surface area contributed by atoms with Crippen molar-refractivity contribution in [3.63, 3.8) is 0 Å². The number of pyridine rings is 2. The van der Waals surface area contributed by atoms with Gasteiger partial charge in [0.15, 0.2) is 0 Å². The van der Waals surface area contributed by atoms with Gasteiger partial charge in [0.1, 0.15) is 29.3 Å². The maximum absolute atomic E-state index is 15.0. The summed E-state index contributed by atoms with van der Waals surface area (Å²) < 4.78 is 115. The molecule has 3 N–H and O–H groups in total. The van der Waals surface area contributed by atoms with Crippen LogP contribution in [0.4, 0.5) is 35.1 Å². The topological polar surface area (TPSA) is 95.8 Å². The summed E-state index contributed by atoms with van der Waals surface area (Å²) in [7, 11) is 0. The van der Waals surface area contributed by atoms with E-state index in [0.717, 1.165) is 12.1 Å². The Bertz CT molecular complexity index is 1990. The molecular formula is C32H25F8N5O2. The quantitative estimate of drug-likeness (QED) is 0.118. The van der Waals surface area contributed by atoms with Crippen LogP contribution in [-0.2, 0) is 24.8 Å². The highest BCUT2D eigenvalue weighted by molar-refractivity contribution is 5.84. The molecule has 3 heterocycles. The van der Waals surface area contributed by atoms with Crippen LogP contribution in [0.1, 0.15) is 53.5 Å². The molecule has 0 fully saturated rings. The van der Waals surface area contributed by atoms with E-state index in [1.807, 2.05) is 0 Å². The van der Waals surface area contributed by atoms with E-state index < -0.39 is 78.5 Å². The van der Waals surface area contributed by atoms with Crippen molar-refractivity contribution < 1.29 is 40.2 Å². The Balaban J connectivity index is 1.40. The molecule has 1 aliphatic carbocycles. The Kier molecular flexibility index (Phi) is 8.38. The van der Waals surface area contributed by atoms with Crippen LogP contribution in [0.2, 0.25) is 0 Å². The van der Waals surface area contributed by atoms with Crippen LogP contribution in [0.3, 0.4) is 0 Å². The molecule has 2 aromatic carbocycles. The lowest BCUT2D eigenvalue weighted by atomic mass is 9.89. The number of H-pyrrole nitrogens is 1. The Morgan fingerprint density at radius 1 is 0.936 bits per heavy atom. The molecule has 15 heteroatoms. The lowest BCUT2D eigenvalue weighted by Gasteiger charge is -2.30. The lowest BCUT2D eigenvalue weighted by molar-refractivity contribution is -0.102. The van der Waals surface area contributed by atoms with E-state index in [2.05, 4.69) is 20.4 Å². The molecule has 0 aliphatic heterocycles. The third kappa shape index (κ3) is 6.49. The van der Waals surface area contributed by atoms with Gasteiger partial charge in [0.05, 0.1) is 23.8 Å². The molecule has 1 unspecified atom stereocenters. The number of halogens is 8. The lowest BCUT2D eigenvalue weighted by Crippen LogP contribution is -2.40. The molecule has 5 aromatic rings. The van der Waals surface area contributed by atoms with E-state index in [1.54, 1.807) is 36.4 Å². The summed E-state index contributed by atoms with van der Waals surface area (Å²) in [6.07, 6.45) is -7.01. The van der Waals surface area contributed by atoms with Crippen molar-refractivity contribution in [2.24, 2.45) is 0 Å². The molecule has 2 atom stereocenters. The zero-order valence-corrected chi connectivity index (χ0v) is 24.1. The van der Waals surface area contributed by atoms with Crippen molar-refractivity contribution in [1.29, 1.82) is 0 Å². The van der Waals surface area contributed by atoms with E-state index >= 15 is 0 Å². The van der Waals surface area contributed by atoms with Gasteiger partial charge >= 0.3 is 0 Å². The van der Waals surface area contributed by atoms with Gasteiger partial charge in [0.2, 0.25) is 5.56 Å². The molecule has 0 spiro atoms. The molecule has 0 bridgehead atoms. The summed E-state index contributed by atoms with van der Waals surface area (Å²) in [5.41, 5.74) is -3.06. The average Bonchev–Trinajstić information content (AvgIpc) is 3.40.